The first-order chi connectivity index (χ1) is 8.74. The SMILES string of the molecule is CCCc1ccccc1C(C)c1ccccc1C. The monoisotopic (exact) mass is 238 g/mol. The summed E-state index contributed by atoms with van der Waals surface area (Å²) in [5, 5.41) is 0. The first-order valence-corrected chi connectivity index (χ1v) is 6.87. The van der Waals surface area contributed by atoms with E-state index in [1.807, 2.05) is 0 Å². The summed E-state index contributed by atoms with van der Waals surface area (Å²) in [6, 6.07) is 17.6. The van der Waals surface area contributed by atoms with Crippen LogP contribution >= 0.6 is 0 Å². The van der Waals surface area contributed by atoms with Crippen LogP contribution in [-0.4, -0.2) is 0 Å². The Morgan fingerprint density at radius 2 is 1.50 bits per heavy atom. The minimum Gasteiger partial charge on any atom is -0.0651 e. The van der Waals surface area contributed by atoms with Crippen LogP contribution in [0.25, 0.3) is 0 Å². The van der Waals surface area contributed by atoms with Gasteiger partial charge in [-0.3, -0.25) is 0 Å². The van der Waals surface area contributed by atoms with Crippen molar-refractivity contribution in [1.29, 1.82) is 0 Å². The van der Waals surface area contributed by atoms with Gasteiger partial charge in [0.15, 0.2) is 0 Å². The molecule has 0 heteroatoms. The van der Waals surface area contributed by atoms with Crippen LogP contribution in [0.3, 0.4) is 0 Å². The van der Waals surface area contributed by atoms with Gasteiger partial charge in [0.1, 0.15) is 0 Å². The normalized spacial score (nSPS) is 12.4. The van der Waals surface area contributed by atoms with Gasteiger partial charge in [0.2, 0.25) is 0 Å². The van der Waals surface area contributed by atoms with E-state index >= 15 is 0 Å². The molecular formula is C18H22. The average molecular weight is 238 g/mol. The third-order valence-electron chi connectivity index (χ3n) is 3.70. The fraction of sp³-hybridized carbons (Fsp3) is 0.333. The Balaban J connectivity index is 2.40. The summed E-state index contributed by atoms with van der Waals surface area (Å²) in [7, 11) is 0. The van der Waals surface area contributed by atoms with E-state index in [0.717, 1.165) is 0 Å². The smallest absolute Gasteiger partial charge is 0.00663 e. The average Bonchev–Trinajstić information content (AvgIpc) is 2.40. The second-order valence-electron chi connectivity index (χ2n) is 5.03. The molecule has 0 aliphatic rings. The van der Waals surface area contributed by atoms with Gasteiger partial charge >= 0.3 is 0 Å². The van der Waals surface area contributed by atoms with E-state index in [1.54, 1.807) is 0 Å². The van der Waals surface area contributed by atoms with Crippen LogP contribution in [0.15, 0.2) is 48.5 Å². The summed E-state index contributed by atoms with van der Waals surface area (Å²) in [4.78, 5) is 0. The molecule has 0 N–H and O–H groups in total. The van der Waals surface area contributed by atoms with Crippen molar-refractivity contribution in [3.63, 3.8) is 0 Å². The lowest BCUT2D eigenvalue weighted by Crippen LogP contribution is -2.02. The Hall–Kier alpha value is -1.56. The topological polar surface area (TPSA) is 0 Å². The summed E-state index contributed by atoms with van der Waals surface area (Å²) in [5.74, 6) is 0.481. The summed E-state index contributed by atoms with van der Waals surface area (Å²) >= 11 is 0. The number of hydrogen-bond donors (Lipinski definition) is 0. The van der Waals surface area contributed by atoms with Gasteiger partial charge in [-0.15, -0.1) is 0 Å². The second-order valence-corrected chi connectivity index (χ2v) is 5.03. The Morgan fingerprint density at radius 1 is 0.889 bits per heavy atom. The summed E-state index contributed by atoms with van der Waals surface area (Å²) in [6.07, 6.45) is 2.38. The molecule has 2 rings (SSSR count). The standard InChI is InChI=1S/C18H22/c1-4-9-16-11-6-8-13-18(16)15(3)17-12-7-5-10-14(17)2/h5-8,10-13,15H,4,9H2,1-3H3. The van der Waals surface area contributed by atoms with Crippen molar-refractivity contribution in [3.8, 4) is 0 Å². The van der Waals surface area contributed by atoms with Crippen molar-refractivity contribution in [2.24, 2.45) is 0 Å². The Morgan fingerprint density at radius 3 is 2.17 bits per heavy atom. The van der Waals surface area contributed by atoms with Crippen LogP contribution in [0.5, 0.6) is 0 Å². The third-order valence-corrected chi connectivity index (χ3v) is 3.70. The van der Waals surface area contributed by atoms with Crippen molar-refractivity contribution in [3.05, 3.63) is 70.8 Å². The molecule has 0 fully saturated rings. The van der Waals surface area contributed by atoms with Crippen LogP contribution in [-0.2, 0) is 6.42 Å². The molecule has 94 valence electrons. The van der Waals surface area contributed by atoms with Crippen LogP contribution in [0.1, 0.15) is 48.4 Å². The number of benzene rings is 2. The zero-order valence-corrected chi connectivity index (χ0v) is 11.6. The van der Waals surface area contributed by atoms with Crippen molar-refractivity contribution >= 4 is 0 Å². The maximum absolute atomic E-state index is 2.32. The molecule has 0 radical (unpaired) electrons. The van der Waals surface area contributed by atoms with E-state index in [2.05, 4.69) is 69.3 Å². The lowest BCUT2D eigenvalue weighted by molar-refractivity contribution is 0.848. The molecule has 0 aliphatic heterocycles. The van der Waals surface area contributed by atoms with Crippen molar-refractivity contribution < 1.29 is 0 Å². The minimum atomic E-state index is 0.481. The van der Waals surface area contributed by atoms with E-state index in [4.69, 9.17) is 0 Å². The molecule has 2 aromatic rings. The van der Waals surface area contributed by atoms with E-state index < -0.39 is 0 Å². The van der Waals surface area contributed by atoms with Gasteiger partial charge in [0.25, 0.3) is 0 Å². The zero-order valence-electron chi connectivity index (χ0n) is 11.6. The predicted molar refractivity (Wildman–Crippen MR) is 79.1 cm³/mol. The van der Waals surface area contributed by atoms with E-state index in [0.29, 0.717) is 5.92 Å². The van der Waals surface area contributed by atoms with Crippen LogP contribution in [0, 0.1) is 6.92 Å². The highest BCUT2D eigenvalue weighted by molar-refractivity contribution is 5.40. The predicted octanol–water partition coefficient (Wildman–Crippen LogP) is 5.10. The quantitative estimate of drug-likeness (QED) is 0.695. The molecule has 1 unspecified atom stereocenters. The molecule has 0 aliphatic carbocycles. The van der Waals surface area contributed by atoms with Crippen LogP contribution < -0.4 is 0 Å². The lowest BCUT2D eigenvalue weighted by Gasteiger charge is -2.18. The number of hydrogen-bond acceptors (Lipinski definition) is 0. The maximum Gasteiger partial charge on any atom is 0.00663 e. The molecule has 1 atom stereocenters. The lowest BCUT2D eigenvalue weighted by atomic mass is 9.86. The van der Waals surface area contributed by atoms with Crippen molar-refractivity contribution in [2.45, 2.75) is 39.5 Å². The van der Waals surface area contributed by atoms with Gasteiger partial charge in [0, 0.05) is 5.92 Å². The fourth-order valence-corrected chi connectivity index (χ4v) is 2.69. The first kappa shape index (κ1) is 12.9. The largest absolute Gasteiger partial charge is 0.0651 e. The molecular weight excluding hydrogens is 216 g/mol. The Labute approximate surface area is 111 Å². The van der Waals surface area contributed by atoms with E-state index in [1.165, 1.54) is 35.1 Å². The second kappa shape index (κ2) is 5.86. The van der Waals surface area contributed by atoms with Gasteiger partial charge < -0.3 is 0 Å². The molecule has 0 bridgehead atoms. The van der Waals surface area contributed by atoms with E-state index in [9.17, 15) is 0 Å². The van der Waals surface area contributed by atoms with Gasteiger partial charge in [-0.1, -0.05) is 68.8 Å². The molecule has 0 aromatic heterocycles. The fourth-order valence-electron chi connectivity index (χ4n) is 2.69. The van der Waals surface area contributed by atoms with Gasteiger partial charge in [-0.2, -0.15) is 0 Å². The van der Waals surface area contributed by atoms with Crippen LogP contribution in [0.2, 0.25) is 0 Å². The Bertz CT molecular complexity index is 511. The summed E-state index contributed by atoms with van der Waals surface area (Å²) in [5.41, 5.74) is 5.81. The molecule has 0 saturated heterocycles. The zero-order chi connectivity index (χ0) is 13.0. The molecule has 18 heavy (non-hydrogen) atoms. The highest BCUT2D eigenvalue weighted by Gasteiger charge is 2.13. The highest BCUT2D eigenvalue weighted by atomic mass is 14.2. The molecule has 0 nitrogen and oxygen atoms in total. The molecule has 0 spiro atoms. The Kier molecular flexibility index (Phi) is 4.19. The first-order valence-electron chi connectivity index (χ1n) is 6.87. The minimum absolute atomic E-state index is 0.481. The van der Waals surface area contributed by atoms with Crippen molar-refractivity contribution in [2.75, 3.05) is 0 Å². The van der Waals surface area contributed by atoms with Gasteiger partial charge in [-0.05, 0) is 35.6 Å². The van der Waals surface area contributed by atoms with E-state index in [-0.39, 0.29) is 0 Å². The molecule has 0 heterocycles. The third kappa shape index (κ3) is 2.64. The maximum atomic E-state index is 2.32. The van der Waals surface area contributed by atoms with Crippen molar-refractivity contribution in [1.82, 2.24) is 0 Å². The van der Waals surface area contributed by atoms with Gasteiger partial charge in [0.05, 0.1) is 0 Å². The van der Waals surface area contributed by atoms with Crippen LogP contribution in [0.4, 0.5) is 0 Å². The number of aryl methyl sites for hydroxylation is 2. The van der Waals surface area contributed by atoms with Gasteiger partial charge in [-0.25, -0.2) is 0 Å². The summed E-state index contributed by atoms with van der Waals surface area (Å²) < 4.78 is 0. The molecule has 2 aromatic carbocycles. The molecule has 0 amide bonds. The number of rotatable bonds is 4. The highest BCUT2D eigenvalue weighted by Crippen LogP contribution is 2.29. The summed E-state index contributed by atoms with van der Waals surface area (Å²) in [6.45, 7) is 6.76. The molecule has 0 saturated carbocycles.